The first-order valence-electron chi connectivity index (χ1n) is 7.31. The van der Waals surface area contributed by atoms with E-state index in [2.05, 4.69) is 22.5 Å². The van der Waals surface area contributed by atoms with Gasteiger partial charge in [-0.3, -0.25) is 0 Å². The van der Waals surface area contributed by atoms with Gasteiger partial charge in [0.05, 0.1) is 13.7 Å². The second kappa shape index (κ2) is 9.13. The van der Waals surface area contributed by atoms with E-state index in [9.17, 15) is 13.6 Å². The number of benzene rings is 2. The number of hydrogen-bond acceptors (Lipinski definition) is 3. The molecule has 2 amide bonds. The number of hydrogen-bond donors (Lipinski definition) is 2. The van der Waals surface area contributed by atoms with Crippen molar-refractivity contribution in [3.63, 3.8) is 0 Å². The zero-order chi connectivity index (χ0) is 18.1. The fourth-order valence-electron chi connectivity index (χ4n) is 1.82. The van der Waals surface area contributed by atoms with Crippen LogP contribution in [-0.4, -0.2) is 26.3 Å². The molecule has 5 nitrogen and oxygen atoms in total. The molecule has 0 spiro atoms. The number of carbonyl (C=O) groups is 1. The Kier molecular flexibility index (Phi) is 6.60. The van der Waals surface area contributed by atoms with Crippen molar-refractivity contribution in [3.05, 3.63) is 54.1 Å². The maximum atomic E-state index is 13.3. The van der Waals surface area contributed by atoms with Crippen molar-refractivity contribution >= 4 is 11.7 Å². The highest BCUT2D eigenvalue weighted by Crippen LogP contribution is 2.17. The Labute approximate surface area is 143 Å². The van der Waals surface area contributed by atoms with Crippen LogP contribution < -0.4 is 20.1 Å². The molecular formula is C18H16F2N2O3. The summed E-state index contributed by atoms with van der Waals surface area (Å²) in [6, 6.07) is 9.50. The second-order valence-corrected chi connectivity index (χ2v) is 4.76. The number of carbonyl (C=O) groups excluding carboxylic acids is 1. The number of ether oxygens (including phenoxy) is 2. The summed E-state index contributed by atoms with van der Waals surface area (Å²) < 4.78 is 36.2. The number of nitrogens with one attached hydrogen (secondary N) is 2. The third-order valence-electron chi connectivity index (χ3n) is 2.98. The van der Waals surface area contributed by atoms with Crippen LogP contribution >= 0.6 is 0 Å². The van der Waals surface area contributed by atoms with Gasteiger partial charge in [-0.1, -0.05) is 17.9 Å². The lowest BCUT2D eigenvalue weighted by Crippen LogP contribution is -2.28. The zero-order valence-electron chi connectivity index (χ0n) is 13.4. The number of rotatable bonds is 5. The van der Waals surface area contributed by atoms with Crippen LogP contribution in [0, 0.1) is 23.5 Å². The average Bonchev–Trinajstić information content (AvgIpc) is 2.59. The topological polar surface area (TPSA) is 59.6 Å². The predicted molar refractivity (Wildman–Crippen MR) is 89.6 cm³/mol. The first-order chi connectivity index (χ1) is 12.1. The molecule has 0 aliphatic carbocycles. The van der Waals surface area contributed by atoms with Gasteiger partial charge in [0.1, 0.15) is 18.2 Å². The van der Waals surface area contributed by atoms with E-state index in [0.717, 1.165) is 12.1 Å². The maximum Gasteiger partial charge on any atom is 0.319 e. The van der Waals surface area contributed by atoms with E-state index in [-0.39, 0.29) is 18.9 Å². The summed E-state index contributed by atoms with van der Waals surface area (Å²) in [5.74, 6) is 4.35. The summed E-state index contributed by atoms with van der Waals surface area (Å²) in [5.41, 5.74) is 0.583. The van der Waals surface area contributed by atoms with Crippen molar-refractivity contribution in [1.82, 2.24) is 5.32 Å². The highest BCUT2D eigenvalue weighted by atomic mass is 19.1. The SMILES string of the molecule is COc1cccc(NC(=O)NCC#CCOc2ccc(F)cc2F)c1. The average molecular weight is 346 g/mol. The number of anilines is 1. The summed E-state index contributed by atoms with van der Waals surface area (Å²) in [6.45, 7) is 0.00674. The standard InChI is InChI=1S/C18H16F2N2O3/c1-24-15-6-4-5-14(12-15)22-18(23)21-9-2-3-10-25-17-8-7-13(19)11-16(17)20/h4-8,11-12H,9-10H2,1H3,(H2,21,22,23). The third-order valence-corrected chi connectivity index (χ3v) is 2.98. The van der Waals surface area contributed by atoms with Crippen molar-refractivity contribution in [2.45, 2.75) is 0 Å². The lowest BCUT2D eigenvalue weighted by Gasteiger charge is -2.06. The van der Waals surface area contributed by atoms with Crippen LogP contribution in [0.15, 0.2) is 42.5 Å². The Bertz CT molecular complexity index is 800. The number of amides is 2. The molecule has 2 N–H and O–H groups in total. The van der Waals surface area contributed by atoms with Crippen molar-refractivity contribution in [2.75, 3.05) is 25.6 Å². The molecule has 0 saturated heterocycles. The lowest BCUT2D eigenvalue weighted by molar-refractivity contribution is 0.253. The van der Waals surface area contributed by atoms with Crippen LogP contribution in [0.3, 0.4) is 0 Å². The molecule has 0 bridgehead atoms. The molecule has 0 saturated carbocycles. The summed E-state index contributed by atoms with van der Waals surface area (Å²) in [6.07, 6.45) is 0. The van der Waals surface area contributed by atoms with Gasteiger partial charge in [0, 0.05) is 17.8 Å². The van der Waals surface area contributed by atoms with Crippen LogP contribution in [0.2, 0.25) is 0 Å². The van der Waals surface area contributed by atoms with Crippen molar-refractivity contribution in [3.8, 4) is 23.3 Å². The van der Waals surface area contributed by atoms with Gasteiger partial charge in [0.15, 0.2) is 11.6 Å². The summed E-state index contributed by atoms with van der Waals surface area (Å²) in [5, 5.41) is 5.17. The Morgan fingerprint density at radius 3 is 2.76 bits per heavy atom. The van der Waals surface area contributed by atoms with Crippen molar-refractivity contribution < 1.29 is 23.0 Å². The van der Waals surface area contributed by atoms with Gasteiger partial charge in [-0.2, -0.15) is 0 Å². The van der Waals surface area contributed by atoms with Crippen LogP contribution in [0.1, 0.15) is 0 Å². The monoisotopic (exact) mass is 346 g/mol. The first kappa shape index (κ1) is 18.1. The smallest absolute Gasteiger partial charge is 0.319 e. The van der Waals surface area contributed by atoms with E-state index in [1.165, 1.54) is 13.2 Å². The molecule has 2 aromatic rings. The number of methoxy groups -OCH3 is 1. The lowest BCUT2D eigenvalue weighted by atomic mass is 10.3. The highest BCUT2D eigenvalue weighted by molar-refractivity contribution is 5.89. The van der Waals surface area contributed by atoms with Crippen molar-refractivity contribution in [1.29, 1.82) is 0 Å². The van der Waals surface area contributed by atoms with Gasteiger partial charge in [0.25, 0.3) is 0 Å². The van der Waals surface area contributed by atoms with Crippen LogP contribution in [0.5, 0.6) is 11.5 Å². The normalized spacial score (nSPS) is 9.56. The molecule has 0 fully saturated rings. The summed E-state index contributed by atoms with van der Waals surface area (Å²) >= 11 is 0. The number of halogens is 2. The molecule has 0 aromatic heterocycles. The largest absolute Gasteiger partial charge is 0.497 e. The zero-order valence-corrected chi connectivity index (χ0v) is 13.4. The van der Waals surface area contributed by atoms with Crippen LogP contribution in [0.4, 0.5) is 19.3 Å². The minimum absolute atomic E-state index is 0.0816. The summed E-state index contributed by atoms with van der Waals surface area (Å²) in [7, 11) is 1.54. The molecular weight excluding hydrogens is 330 g/mol. The molecule has 2 rings (SSSR count). The molecule has 130 valence electrons. The van der Waals surface area contributed by atoms with E-state index in [4.69, 9.17) is 9.47 Å². The van der Waals surface area contributed by atoms with Crippen LogP contribution in [-0.2, 0) is 0 Å². The molecule has 25 heavy (non-hydrogen) atoms. The Balaban J connectivity index is 1.71. The van der Waals surface area contributed by atoms with E-state index in [1.807, 2.05) is 0 Å². The van der Waals surface area contributed by atoms with E-state index in [1.54, 1.807) is 24.3 Å². The Hall–Kier alpha value is -3.27. The van der Waals surface area contributed by atoms with Gasteiger partial charge in [-0.25, -0.2) is 13.6 Å². The van der Waals surface area contributed by atoms with Crippen LogP contribution in [0.25, 0.3) is 0 Å². The molecule has 0 atom stereocenters. The quantitative estimate of drug-likeness (QED) is 0.818. The minimum Gasteiger partial charge on any atom is -0.497 e. The highest BCUT2D eigenvalue weighted by Gasteiger charge is 2.03. The van der Waals surface area contributed by atoms with E-state index >= 15 is 0 Å². The minimum atomic E-state index is -0.794. The first-order valence-corrected chi connectivity index (χ1v) is 7.31. The number of urea groups is 1. The van der Waals surface area contributed by atoms with Gasteiger partial charge >= 0.3 is 6.03 Å². The molecule has 0 unspecified atom stereocenters. The fraction of sp³-hybridized carbons (Fsp3) is 0.167. The molecule has 0 aliphatic rings. The van der Waals surface area contributed by atoms with Gasteiger partial charge in [-0.15, -0.1) is 0 Å². The second-order valence-electron chi connectivity index (χ2n) is 4.76. The molecule has 0 aliphatic heterocycles. The molecule has 7 heteroatoms. The van der Waals surface area contributed by atoms with Gasteiger partial charge < -0.3 is 20.1 Å². The van der Waals surface area contributed by atoms with Gasteiger partial charge in [-0.05, 0) is 24.3 Å². The maximum absolute atomic E-state index is 13.3. The molecule has 0 heterocycles. The van der Waals surface area contributed by atoms with E-state index < -0.39 is 17.7 Å². The predicted octanol–water partition coefficient (Wildman–Crippen LogP) is 3.18. The van der Waals surface area contributed by atoms with Gasteiger partial charge in [0.2, 0.25) is 0 Å². The third kappa shape index (κ3) is 6.03. The Morgan fingerprint density at radius 2 is 2.00 bits per heavy atom. The van der Waals surface area contributed by atoms with E-state index in [0.29, 0.717) is 11.4 Å². The summed E-state index contributed by atoms with van der Waals surface area (Å²) in [4.78, 5) is 11.7. The Morgan fingerprint density at radius 1 is 1.16 bits per heavy atom. The molecule has 2 aromatic carbocycles. The fourth-order valence-corrected chi connectivity index (χ4v) is 1.82. The van der Waals surface area contributed by atoms with Crippen molar-refractivity contribution in [2.24, 2.45) is 0 Å². The molecule has 0 radical (unpaired) electrons.